The van der Waals surface area contributed by atoms with Gasteiger partial charge in [0.25, 0.3) is 0 Å². The summed E-state index contributed by atoms with van der Waals surface area (Å²) >= 11 is 0. The van der Waals surface area contributed by atoms with Gasteiger partial charge in [0.15, 0.2) is 0 Å². The molecule has 3 rings (SSSR count). The highest BCUT2D eigenvalue weighted by atomic mass is 16.3. The van der Waals surface area contributed by atoms with Crippen molar-refractivity contribution in [1.82, 2.24) is 4.98 Å². The number of aromatic nitrogens is 1. The maximum Gasteiger partial charge on any atom is 0.123 e. The van der Waals surface area contributed by atoms with Crippen molar-refractivity contribution >= 4 is 11.5 Å². The second-order valence-electron chi connectivity index (χ2n) is 5.68. The summed E-state index contributed by atoms with van der Waals surface area (Å²) in [6.07, 6.45) is 7.27. The number of fused-ring (bicyclic) bond motifs is 1. The molecule has 2 fully saturated rings. The van der Waals surface area contributed by atoms with Crippen molar-refractivity contribution in [2.24, 2.45) is 5.92 Å². The lowest BCUT2D eigenvalue weighted by Crippen LogP contribution is -2.53. The van der Waals surface area contributed by atoms with Crippen molar-refractivity contribution in [3.05, 3.63) is 18.3 Å². The molecule has 2 atom stereocenters. The molecule has 3 N–H and O–H groups in total. The third-order valence-corrected chi connectivity index (χ3v) is 4.56. The van der Waals surface area contributed by atoms with Crippen LogP contribution in [0, 0.1) is 5.92 Å². The Kier molecular flexibility index (Phi) is 2.90. The van der Waals surface area contributed by atoms with E-state index in [4.69, 9.17) is 5.73 Å². The highest BCUT2D eigenvalue weighted by Gasteiger charge is 2.42. The van der Waals surface area contributed by atoms with E-state index in [9.17, 15) is 5.11 Å². The van der Waals surface area contributed by atoms with Crippen molar-refractivity contribution in [3.63, 3.8) is 0 Å². The van der Waals surface area contributed by atoms with Crippen LogP contribution in [0.1, 0.15) is 32.1 Å². The molecule has 4 heteroatoms. The fourth-order valence-electron chi connectivity index (χ4n) is 3.39. The smallest absolute Gasteiger partial charge is 0.123 e. The third kappa shape index (κ3) is 2.05. The lowest BCUT2D eigenvalue weighted by molar-refractivity contribution is -0.0612. The molecule has 0 aromatic carbocycles. The van der Waals surface area contributed by atoms with Gasteiger partial charge in [-0.15, -0.1) is 0 Å². The zero-order chi connectivity index (χ0) is 12.6. The SMILES string of the molecule is Nc1ccc(N2CCC3(O)CCCCC3C2)cn1. The maximum atomic E-state index is 10.6. The Hall–Kier alpha value is -1.29. The van der Waals surface area contributed by atoms with E-state index in [0.29, 0.717) is 11.7 Å². The normalized spacial score (nSPS) is 32.1. The summed E-state index contributed by atoms with van der Waals surface area (Å²) in [5, 5.41) is 10.6. The minimum atomic E-state index is -0.407. The van der Waals surface area contributed by atoms with Crippen molar-refractivity contribution < 1.29 is 5.11 Å². The van der Waals surface area contributed by atoms with Crippen molar-refractivity contribution in [2.75, 3.05) is 23.7 Å². The van der Waals surface area contributed by atoms with E-state index in [-0.39, 0.29) is 0 Å². The van der Waals surface area contributed by atoms with Crippen molar-refractivity contribution in [1.29, 1.82) is 0 Å². The average molecular weight is 247 g/mol. The Morgan fingerprint density at radius 1 is 1.33 bits per heavy atom. The van der Waals surface area contributed by atoms with Gasteiger partial charge in [-0.2, -0.15) is 0 Å². The monoisotopic (exact) mass is 247 g/mol. The van der Waals surface area contributed by atoms with Crippen LogP contribution in [0.15, 0.2) is 18.3 Å². The molecular formula is C14H21N3O. The van der Waals surface area contributed by atoms with Crippen LogP contribution in [-0.2, 0) is 0 Å². The maximum absolute atomic E-state index is 10.6. The summed E-state index contributed by atoms with van der Waals surface area (Å²) < 4.78 is 0. The molecule has 1 saturated heterocycles. The quantitative estimate of drug-likeness (QED) is 0.794. The second kappa shape index (κ2) is 4.43. The lowest BCUT2D eigenvalue weighted by atomic mass is 9.71. The van der Waals surface area contributed by atoms with Crippen LogP contribution in [0.2, 0.25) is 0 Å². The molecule has 18 heavy (non-hydrogen) atoms. The lowest BCUT2D eigenvalue weighted by Gasteiger charge is -2.48. The first kappa shape index (κ1) is 11.8. The zero-order valence-electron chi connectivity index (χ0n) is 10.7. The first-order valence-electron chi connectivity index (χ1n) is 6.86. The van der Waals surface area contributed by atoms with Gasteiger partial charge in [0.2, 0.25) is 0 Å². The highest BCUT2D eigenvalue weighted by molar-refractivity contribution is 5.48. The molecule has 0 amide bonds. The van der Waals surface area contributed by atoms with E-state index in [1.807, 2.05) is 18.3 Å². The minimum Gasteiger partial charge on any atom is -0.389 e. The fourth-order valence-corrected chi connectivity index (χ4v) is 3.39. The van der Waals surface area contributed by atoms with E-state index >= 15 is 0 Å². The number of aliphatic hydroxyl groups is 1. The summed E-state index contributed by atoms with van der Waals surface area (Å²) in [6.45, 7) is 1.86. The molecular weight excluding hydrogens is 226 g/mol. The summed E-state index contributed by atoms with van der Waals surface area (Å²) in [7, 11) is 0. The third-order valence-electron chi connectivity index (χ3n) is 4.56. The summed E-state index contributed by atoms with van der Waals surface area (Å²) in [5.74, 6) is 0.975. The Morgan fingerprint density at radius 3 is 3.00 bits per heavy atom. The summed E-state index contributed by atoms with van der Waals surface area (Å²) in [5.41, 5.74) is 6.33. The van der Waals surface area contributed by atoms with Gasteiger partial charge < -0.3 is 15.7 Å². The zero-order valence-corrected chi connectivity index (χ0v) is 10.7. The van der Waals surface area contributed by atoms with Crippen LogP contribution in [0.5, 0.6) is 0 Å². The summed E-state index contributed by atoms with van der Waals surface area (Å²) in [6, 6.07) is 3.87. The molecule has 1 aromatic heterocycles. The van der Waals surface area contributed by atoms with Gasteiger partial charge in [-0.1, -0.05) is 12.8 Å². The van der Waals surface area contributed by atoms with Crippen LogP contribution in [0.4, 0.5) is 11.5 Å². The van der Waals surface area contributed by atoms with Crippen LogP contribution in [0.25, 0.3) is 0 Å². The first-order chi connectivity index (χ1) is 8.67. The van der Waals surface area contributed by atoms with E-state index in [1.165, 1.54) is 12.8 Å². The van der Waals surface area contributed by atoms with E-state index in [2.05, 4.69) is 9.88 Å². The molecule has 1 aromatic rings. The van der Waals surface area contributed by atoms with Gasteiger partial charge in [0.05, 0.1) is 17.5 Å². The summed E-state index contributed by atoms with van der Waals surface area (Å²) in [4.78, 5) is 6.48. The van der Waals surface area contributed by atoms with E-state index in [0.717, 1.165) is 38.0 Å². The molecule has 98 valence electrons. The molecule has 1 saturated carbocycles. The van der Waals surface area contributed by atoms with Crippen LogP contribution < -0.4 is 10.6 Å². The van der Waals surface area contributed by atoms with Crippen LogP contribution >= 0.6 is 0 Å². The molecule has 2 unspecified atom stereocenters. The predicted molar refractivity (Wildman–Crippen MR) is 72.4 cm³/mol. The van der Waals surface area contributed by atoms with Gasteiger partial charge in [-0.25, -0.2) is 4.98 Å². The van der Waals surface area contributed by atoms with Gasteiger partial charge >= 0.3 is 0 Å². The number of rotatable bonds is 1. The topological polar surface area (TPSA) is 62.4 Å². The second-order valence-corrected chi connectivity index (χ2v) is 5.68. The standard InChI is InChI=1S/C14H21N3O/c15-13-5-4-12(9-16-13)17-8-7-14(18)6-2-1-3-11(14)10-17/h4-5,9,11,18H,1-3,6-8,10H2,(H2,15,16). The number of piperidine rings is 1. The Morgan fingerprint density at radius 2 is 2.22 bits per heavy atom. The fraction of sp³-hybridized carbons (Fsp3) is 0.643. The number of hydrogen-bond acceptors (Lipinski definition) is 4. The highest BCUT2D eigenvalue weighted by Crippen LogP contribution is 2.40. The molecule has 2 aliphatic rings. The number of nitrogens with two attached hydrogens (primary N) is 1. The minimum absolute atomic E-state index is 0.407. The van der Waals surface area contributed by atoms with Crippen LogP contribution in [-0.4, -0.2) is 28.8 Å². The Labute approximate surface area is 108 Å². The van der Waals surface area contributed by atoms with Gasteiger partial charge in [-0.3, -0.25) is 0 Å². The Balaban J connectivity index is 1.75. The molecule has 1 aliphatic carbocycles. The molecule has 0 bridgehead atoms. The van der Waals surface area contributed by atoms with E-state index in [1.54, 1.807) is 0 Å². The predicted octanol–water partition coefficient (Wildman–Crippen LogP) is 1.80. The largest absolute Gasteiger partial charge is 0.389 e. The number of anilines is 2. The van der Waals surface area contributed by atoms with E-state index < -0.39 is 5.60 Å². The van der Waals surface area contributed by atoms with Gasteiger partial charge in [0, 0.05) is 19.0 Å². The van der Waals surface area contributed by atoms with Crippen molar-refractivity contribution in [2.45, 2.75) is 37.7 Å². The number of nitrogens with zero attached hydrogens (tertiary/aromatic N) is 2. The number of nitrogen functional groups attached to an aromatic ring is 1. The van der Waals surface area contributed by atoms with Crippen molar-refractivity contribution in [3.8, 4) is 0 Å². The average Bonchev–Trinajstić information content (AvgIpc) is 2.39. The number of pyridine rings is 1. The molecule has 1 aliphatic heterocycles. The van der Waals surface area contributed by atoms with Crippen LogP contribution in [0.3, 0.4) is 0 Å². The molecule has 0 spiro atoms. The molecule has 2 heterocycles. The van der Waals surface area contributed by atoms with Gasteiger partial charge in [-0.05, 0) is 31.4 Å². The molecule has 4 nitrogen and oxygen atoms in total. The molecule has 0 radical (unpaired) electrons. The van der Waals surface area contributed by atoms with Gasteiger partial charge in [0.1, 0.15) is 5.82 Å². The first-order valence-corrected chi connectivity index (χ1v) is 6.86. The Bertz CT molecular complexity index is 420. The number of hydrogen-bond donors (Lipinski definition) is 2.